The van der Waals surface area contributed by atoms with Crippen LogP contribution in [0, 0.1) is 6.92 Å². The molecule has 0 spiro atoms. The number of phenols is 1. The van der Waals surface area contributed by atoms with Gasteiger partial charge in [0.15, 0.2) is 5.96 Å². The zero-order valence-corrected chi connectivity index (χ0v) is 17.0. The number of guanidine groups is 1. The smallest absolute Gasteiger partial charge is 0.193 e. The van der Waals surface area contributed by atoms with Crippen LogP contribution in [0.1, 0.15) is 23.5 Å². The number of hydrogen-bond acceptors (Lipinski definition) is 5. The van der Waals surface area contributed by atoms with Gasteiger partial charge in [0, 0.05) is 50.8 Å². The molecule has 2 heterocycles. The first kappa shape index (κ1) is 19.5. The summed E-state index contributed by atoms with van der Waals surface area (Å²) >= 11 is 1.75. The highest BCUT2D eigenvalue weighted by molar-refractivity contribution is 7.09. The number of unbranched alkanes of at least 4 members (excludes halogenated alkanes) is 1. The lowest BCUT2D eigenvalue weighted by molar-refractivity contribution is 0.369. The minimum Gasteiger partial charge on any atom is -0.506 e. The fourth-order valence-corrected chi connectivity index (χ4v) is 4.16. The minimum atomic E-state index is 0.351. The third-order valence-electron chi connectivity index (χ3n) is 4.78. The Bertz CT molecular complexity index is 752. The Morgan fingerprint density at radius 3 is 2.67 bits per heavy atom. The molecule has 6 nitrogen and oxygen atoms in total. The highest BCUT2D eigenvalue weighted by atomic mass is 32.1. The van der Waals surface area contributed by atoms with Gasteiger partial charge in [-0.3, -0.25) is 4.99 Å². The third-order valence-corrected chi connectivity index (χ3v) is 5.81. The van der Waals surface area contributed by atoms with Crippen LogP contribution >= 0.6 is 11.3 Å². The average molecular weight is 388 g/mol. The van der Waals surface area contributed by atoms with Crippen LogP contribution in [0.2, 0.25) is 0 Å². The van der Waals surface area contributed by atoms with E-state index >= 15 is 0 Å². The predicted octanol–water partition coefficient (Wildman–Crippen LogP) is 2.88. The third kappa shape index (κ3) is 5.35. The predicted molar refractivity (Wildman–Crippen MR) is 113 cm³/mol. The van der Waals surface area contributed by atoms with E-state index in [0.717, 1.165) is 69.3 Å². The van der Waals surface area contributed by atoms with Crippen LogP contribution in [-0.2, 0) is 6.42 Å². The molecule has 1 fully saturated rings. The van der Waals surface area contributed by atoms with Gasteiger partial charge in [0.2, 0.25) is 0 Å². The fourth-order valence-electron chi connectivity index (χ4n) is 3.34. The average Bonchev–Trinajstić information content (AvgIpc) is 3.10. The number of nitrogens with zero attached hydrogens (tertiary/aromatic N) is 4. The molecule has 1 aromatic carbocycles. The largest absolute Gasteiger partial charge is 0.506 e. The molecule has 0 aliphatic carbocycles. The molecule has 2 N–H and O–H groups in total. The SMILES string of the molecule is CN=C(NCCCCc1nc(C)cs1)N1CCN(c2ccccc2O)CC1. The van der Waals surface area contributed by atoms with Gasteiger partial charge >= 0.3 is 0 Å². The van der Waals surface area contributed by atoms with E-state index in [1.165, 1.54) is 5.01 Å². The lowest BCUT2D eigenvalue weighted by atomic mass is 10.2. The van der Waals surface area contributed by atoms with Gasteiger partial charge in [0.25, 0.3) is 0 Å². The Morgan fingerprint density at radius 2 is 2.00 bits per heavy atom. The van der Waals surface area contributed by atoms with Crippen molar-refractivity contribution in [2.24, 2.45) is 4.99 Å². The number of para-hydroxylation sites is 2. The quantitative estimate of drug-likeness (QED) is 0.453. The maximum atomic E-state index is 10.0. The summed E-state index contributed by atoms with van der Waals surface area (Å²) in [6, 6.07) is 7.54. The highest BCUT2D eigenvalue weighted by Gasteiger charge is 2.21. The molecule has 0 bridgehead atoms. The topological polar surface area (TPSA) is 64.0 Å². The summed E-state index contributed by atoms with van der Waals surface area (Å²) in [5.74, 6) is 1.32. The number of thiazole rings is 1. The van der Waals surface area contributed by atoms with Gasteiger partial charge in [-0.05, 0) is 38.3 Å². The molecule has 0 radical (unpaired) electrons. The van der Waals surface area contributed by atoms with Crippen LogP contribution in [0.4, 0.5) is 5.69 Å². The van der Waals surface area contributed by atoms with Crippen LogP contribution in [0.5, 0.6) is 5.75 Å². The first-order valence-corrected chi connectivity index (χ1v) is 10.4. The summed E-state index contributed by atoms with van der Waals surface area (Å²) in [4.78, 5) is 13.5. The molecule has 0 amide bonds. The Hall–Kier alpha value is -2.28. The van der Waals surface area contributed by atoms with Crippen molar-refractivity contribution < 1.29 is 5.11 Å². The molecule has 0 atom stereocenters. The first-order chi connectivity index (χ1) is 13.2. The second kappa shape index (κ2) is 9.60. The van der Waals surface area contributed by atoms with Crippen LogP contribution < -0.4 is 10.2 Å². The van der Waals surface area contributed by atoms with E-state index in [1.54, 1.807) is 17.4 Å². The van der Waals surface area contributed by atoms with Gasteiger partial charge in [0.1, 0.15) is 5.75 Å². The number of benzene rings is 1. The lowest BCUT2D eigenvalue weighted by Crippen LogP contribution is -2.52. The summed E-state index contributed by atoms with van der Waals surface area (Å²) in [5, 5.41) is 16.9. The molecule has 2 aromatic rings. The molecule has 0 saturated carbocycles. The first-order valence-electron chi connectivity index (χ1n) is 9.57. The summed E-state index contributed by atoms with van der Waals surface area (Å²) in [6.45, 7) is 6.52. The normalized spacial score (nSPS) is 15.3. The Balaban J connectivity index is 1.39. The van der Waals surface area contributed by atoms with Gasteiger partial charge < -0.3 is 20.2 Å². The number of aromatic nitrogens is 1. The van der Waals surface area contributed by atoms with Crippen molar-refractivity contribution in [3.05, 3.63) is 40.3 Å². The number of aromatic hydroxyl groups is 1. The molecule has 1 saturated heterocycles. The molecular formula is C20H29N5OS. The molecule has 7 heteroatoms. The molecule has 1 aliphatic rings. The monoisotopic (exact) mass is 387 g/mol. The van der Waals surface area contributed by atoms with E-state index in [9.17, 15) is 5.11 Å². The van der Waals surface area contributed by atoms with Crippen molar-refractivity contribution in [2.45, 2.75) is 26.2 Å². The van der Waals surface area contributed by atoms with Crippen molar-refractivity contribution in [3.63, 3.8) is 0 Å². The zero-order valence-electron chi connectivity index (χ0n) is 16.2. The number of piperazine rings is 1. The standard InChI is InChI=1S/C20H29N5OS/c1-16-15-27-19(23-16)9-5-6-10-22-20(21-2)25-13-11-24(12-14-25)17-7-3-4-8-18(17)26/h3-4,7-8,15,26H,5-6,9-14H2,1-2H3,(H,21,22). The second-order valence-corrected chi connectivity index (χ2v) is 7.72. The minimum absolute atomic E-state index is 0.351. The zero-order chi connectivity index (χ0) is 19.1. The number of aliphatic imine (C=N–C) groups is 1. The van der Waals surface area contributed by atoms with Gasteiger partial charge in [-0.15, -0.1) is 11.3 Å². The molecule has 1 aromatic heterocycles. The fraction of sp³-hybridized carbons (Fsp3) is 0.500. The number of hydrogen-bond donors (Lipinski definition) is 2. The van der Waals surface area contributed by atoms with Crippen molar-refractivity contribution in [3.8, 4) is 5.75 Å². The van der Waals surface area contributed by atoms with Crippen molar-refractivity contribution in [1.29, 1.82) is 0 Å². The Morgan fingerprint density at radius 1 is 1.22 bits per heavy atom. The summed E-state index contributed by atoms with van der Waals surface area (Å²) in [7, 11) is 1.84. The van der Waals surface area contributed by atoms with E-state index < -0.39 is 0 Å². The molecule has 1 aliphatic heterocycles. The number of anilines is 1. The Labute approximate surface area is 165 Å². The summed E-state index contributed by atoms with van der Waals surface area (Å²) in [6.07, 6.45) is 3.30. The van der Waals surface area contributed by atoms with E-state index in [-0.39, 0.29) is 0 Å². The summed E-state index contributed by atoms with van der Waals surface area (Å²) in [5.41, 5.74) is 2.04. The van der Waals surface area contributed by atoms with Crippen LogP contribution in [-0.4, -0.2) is 60.7 Å². The maximum Gasteiger partial charge on any atom is 0.193 e. The van der Waals surface area contributed by atoms with Crippen molar-refractivity contribution in [1.82, 2.24) is 15.2 Å². The molecule has 0 unspecified atom stereocenters. The summed E-state index contributed by atoms with van der Waals surface area (Å²) < 4.78 is 0. The van der Waals surface area contributed by atoms with E-state index in [2.05, 4.69) is 30.5 Å². The van der Waals surface area contributed by atoms with E-state index in [1.807, 2.05) is 32.2 Å². The van der Waals surface area contributed by atoms with Gasteiger partial charge in [-0.2, -0.15) is 0 Å². The van der Waals surface area contributed by atoms with Gasteiger partial charge in [-0.1, -0.05) is 12.1 Å². The van der Waals surface area contributed by atoms with Crippen molar-refractivity contribution in [2.75, 3.05) is 44.7 Å². The van der Waals surface area contributed by atoms with Crippen molar-refractivity contribution >= 4 is 23.0 Å². The lowest BCUT2D eigenvalue weighted by Gasteiger charge is -2.37. The van der Waals surface area contributed by atoms with Crippen LogP contribution in [0.3, 0.4) is 0 Å². The highest BCUT2D eigenvalue weighted by Crippen LogP contribution is 2.27. The number of nitrogens with one attached hydrogen (secondary N) is 1. The van der Waals surface area contributed by atoms with E-state index in [4.69, 9.17) is 0 Å². The number of rotatable bonds is 6. The molecule has 27 heavy (non-hydrogen) atoms. The van der Waals surface area contributed by atoms with Crippen LogP contribution in [0.15, 0.2) is 34.6 Å². The second-order valence-electron chi connectivity index (χ2n) is 6.78. The molecule has 3 rings (SSSR count). The van der Waals surface area contributed by atoms with E-state index in [0.29, 0.717) is 5.75 Å². The van der Waals surface area contributed by atoms with Gasteiger partial charge in [0.05, 0.1) is 10.7 Å². The van der Waals surface area contributed by atoms with Crippen LogP contribution in [0.25, 0.3) is 0 Å². The van der Waals surface area contributed by atoms with Gasteiger partial charge in [-0.25, -0.2) is 4.98 Å². The molecular weight excluding hydrogens is 358 g/mol. The Kier molecular flexibility index (Phi) is 6.92. The number of phenolic OH excluding ortho intramolecular Hbond substituents is 1. The number of aryl methyl sites for hydroxylation is 2. The maximum absolute atomic E-state index is 10.0. The molecule has 146 valence electrons.